The van der Waals surface area contributed by atoms with Gasteiger partial charge in [-0.1, -0.05) is 6.07 Å². The van der Waals surface area contributed by atoms with Crippen LogP contribution in [0.1, 0.15) is 11.3 Å². The molecule has 1 aliphatic rings. The molecule has 2 aromatic carbocycles. The van der Waals surface area contributed by atoms with Gasteiger partial charge < -0.3 is 15.4 Å². The van der Waals surface area contributed by atoms with Crippen molar-refractivity contribution in [2.24, 2.45) is 0 Å². The normalized spacial score (nSPS) is 15.0. The minimum Gasteiger partial charge on any atom is -0.484 e. The SMILES string of the molecule is O=C(COc1ccc(C(F)(F)F)cc1)Nc1ccc2nc(CN3CCNCC3)ccc2c1. The Balaban J connectivity index is 1.33. The zero-order valence-electron chi connectivity index (χ0n) is 17.3. The van der Waals surface area contributed by atoms with Gasteiger partial charge in [0.15, 0.2) is 6.61 Å². The number of ether oxygens (including phenoxy) is 1. The largest absolute Gasteiger partial charge is 0.484 e. The quantitative estimate of drug-likeness (QED) is 0.607. The Labute approximate surface area is 183 Å². The number of benzene rings is 2. The van der Waals surface area contributed by atoms with Crippen LogP contribution in [0.4, 0.5) is 18.9 Å². The number of carbonyl (C=O) groups is 1. The van der Waals surface area contributed by atoms with Gasteiger partial charge in [0.1, 0.15) is 5.75 Å². The third kappa shape index (κ3) is 5.74. The first kappa shape index (κ1) is 22.0. The lowest BCUT2D eigenvalue weighted by Gasteiger charge is -2.26. The van der Waals surface area contributed by atoms with E-state index in [0.29, 0.717) is 5.69 Å². The van der Waals surface area contributed by atoms with Gasteiger partial charge in [-0.05, 0) is 48.5 Å². The number of amides is 1. The summed E-state index contributed by atoms with van der Waals surface area (Å²) in [5, 5.41) is 6.96. The molecule has 2 heterocycles. The number of aromatic nitrogens is 1. The van der Waals surface area contributed by atoms with E-state index in [-0.39, 0.29) is 12.4 Å². The molecular formula is C23H23F3N4O2. The van der Waals surface area contributed by atoms with Gasteiger partial charge in [-0.2, -0.15) is 13.2 Å². The number of alkyl halides is 3. The fraction of sp³-hybridized carbons (Fsp3) is 0.304. The Hall–Kier alpha value is -3.17. The molecule has 1 aromatic heterocycles. The molecular weight excluding hydrogens is 421 g/mol. The first-order chi connectivity index (χ1) is 15.4. The number of carbonyl (C=O) groups excluding carboxylic acids is 1. The zero-order valence-corrected chi connectivity index (χ0v) is 17.3. The van der Waals surface area contributed by atoms with Crippen molar-refractivity contribution in [3.05, 3.63) is 65.9 Å². The maximum Gasteiger partial charge on any atom is 0.416 e. The molecule has 2 N–H and O–H groups in total. The standard InChI is InChI=1S/C23H23F3N4O2/c24-23(25,26)17-2-6-20(7-3-17)32-15-22(31)29-18-5-8-21-16(13-18)1-4-19(28-21)14-30-11-9-27-10-12-30/h1-8,13,27H,9-12,14-15H2,(H,29,31). The van der Waals surface area contributed by atoms with Crippen LogP contribution >= 0.6 is 0 Å². The molecule has 1 saturated heterocycles. The Morgan fingerprint density at radius 2 is 1.81 bits per heavy atom. The van der Waals surface area contributed by atoms with Crippen molar-refractivity contribution in [3.8, 4) is 5.75 Å². The van der Waals surface area contributed by atoms with Crippen LogP contribution in [0.5, 0.6) is 5.75 Å². The number of nitrogens with one attached hydrogen (secondary N) is 2. The third-order valence-electron chi connectivity index (χ3n) is 5.18. The predicted octanol–water partition coefficient (Wildman–Crippen LogP) is 3.68. The number of rotatable bonds is 6. The van der Waals surface area contributed by atoms with Crippen molar-refractivity contribution in [2.75, 3.05) is 38.1 Å². The molecule has 168 valence electrons. The fourth-order valence-electron chi connectivity index (χ4n) is 3.52. The topological polar surface area (TPSA) is 66.5 Å². The van der Waals surface area contributed by atoms with Gasteiger partial charge in [-0.25, -0.2) is 0 Å². The number of hydrogen-bond acceptors (Lipinski definition) is 5. The zero-order chi connectivity index (χ0) is 22.6. The van der Waals surface area contributed by atoms with Crippen LogP contribution in [0.2, 0.25) is 0 Å². The molecule has 9 heteroatoms. The summed E-state index contributed by atoms with van der Waals surface area (Å²) in [6.07, 6.45) is -4.41. The second-order valence-electron chi connectivity index (χ2n) is 7.60. The Bertz CT molecular complexity index is 1080. The van der Waals surface area contributed by atoms with Gasteiger partial charge in [-0.3, -0.25) is 14.7 Å². The summed E-state index contributed by atoms with van der Waals surface area (Å²) in [6, 6.07) is 13.6. The van der Waals surface area contributed by atoms with Crippen LogP contribution in [0, 0.1) is 0 Å². The number of anilines is 1. The van der Waals surface area contributed by atoms with E-state index in [1.165, 1.54) is 12.1 Å². The molecule has 0 bridgehead atoms. The summed E-state index contributed by atoms with van der Waals surface area (Å²) >= 11 is 0. The maximum absolute atomic E-state index is 12.6. The van der Waals surface area contributed by atoms with E-state index in [2.05, 4.69) is 15.5 Å². The minimum atomic E-state index is -4.41. The van der Waals surface area contributed by atoms with Crippen LogP contribution in [0.25, 0.3) is 10.9 Å². The predicted molar refractivity (Wildman–Crippen MR) is 115 cm³/mol. The van der Waals surface area contributed by atoms with Crippen LogP contribution in [-0.4, -0.2) is 48.6 Å². The van der Waals surface area contributed by atoms with E-state index in [0.717, 1.165) is 61.5 Å². The summed E-state index contributed by atoms with van der Waals surface area (Å²) in [4.78, 5) is 19.2. The van der Waals surface area contributed by atoms with Gasteiger partial charge in [0.2, 0.25) is 0 Å². The number of halogens is 3. The molecule has 32 heavy (non-hydrogen) atoms. The number of piperazine rings is 1. The highest BCUT2D eigenvalue weighted by atomic mass is 19.4. The van der Waals surface area contributed by atoms with E-state index in [1.54, 1.807) is 6.07 Å². The first-order valence-electron chi connectivity index (χ1n) is 10.3. The molecule has 1 aliphatic heterocycles. The lowest BCUT2D eigenvalue weighted by atomic mass is 10.1. The van der Waals surface area contributed by atoms with Crippen molar-refractivity contribution in [2.45, 2.75) is 12.7 Å². The highest BCUT2D eigenvalue weighted by Crippen LogP contribution is 2.30. The van der Waals surface area contributed by atoms with E-state index in [1.807, 2.05) is 24.3 Å². The molecule has 0 saturated carbocycles. The van der Waals surface area contributed by atoms with Crippen LogP contribution < -0.4 is 15.4 Å². The smallest absolute Gasteiger partial charge is 0.416 e. The van der Waals surface area contributed by atoms with E-state index < -0.39 is 17.6 Å². The van der Waals surface area contributed by atoms with Crippen molar-refractivity contribution in [1.82, 2.24) is 15.2 Å². The highest BCUT2D eigenvalue weighted by molar-refractivity contribution is 5.94. The average Bonchev–Trinajstić information content (AvgIpc) is 2.78. The van der Waals surface area contributed by atoms with Gasteiger partial charge in [0.05, 0.1) is 16.8 Å². The van der Waals surface area contributed by atoms with Gasteiger partial charge >= 0.3 is 6.18 Å². The Morgan fingerprint density at radius 3 is 2.53 bits per heavy atom. The molecule has 4 rings (SSSR count). The molecule has 0 spiro atoms. The monoisotopic (exact) mass is 444 g/mol. The molecule has 0 aliphatic carbocycles. The lowest BCUT2D eigenvalue weighted by molar-refractivity contribution is -0.137. The summed E-state index contributed by atoms with van der Waals surface area (Å²) in [6.45, 7) is 4.46. The molecule has 1 fully saturated rings. The second kappa shape index (κ2) is 9.54. The van der Waals surface area contributed by atoms with E-state index in [9.17, 15) is 18.0 Å². The summed E-state index contributed by atoms with van der Waals surface area (Å²) in [5.74, 6) is -0.222. The summed E-state index contributed by atoms with van der Waals surface area (Å²) in [5.41, 5.74) is 1.67. The van der Waals surface area contributed by atoms with Crippen molar-refractivity contribution >= 4 is 22.5 Å². The second-order valence-corrected chi connectivity index (χ2v) is 7.60. The van der Waals surface area contributed by atoms with Crippen LogP contribution in [-0.2, 0) is 17.5 Å². The number of pyridine rings is 1. The minimum absolute atomic E-state index is 0.188. The summed E-state index contributed by atoms with van der Waals surface area (Å²) < 4.78 is 43.1. The lowest BCUT2D eigenvalue weighted by Crippen LogP contribution is -2.43. The van der Waals surface area contributed by atoms with Gasteiger partial charge in [0, 0.05) is 43.8 Å². The molecule has 3 aromatic rings. The Morgan fingerprint density at radius 1 is 1.06 bits per heavy atom. The fourth-order valence-corrected chi connectivity index (χ4v) is 3.52. The molecule has 0 atom stereocenters. The van der Waals surface area contributed by atoms with Crippen molar-refractivity contribution in [3.63, 3.8) is 0 Å². The molecule has 0 radical (unpaired) electrons. The number of nitrogens with zero attached hydrogens (tertiary/aromatic N) is 2. The first-order valence-corrected chi connectivity index (χ1v) is 10.3. The number of fused-ring (bicyclic) bond motifs is 1. The number of hydrogen-bond donors (Lipinski definition) is 2. The molecule has 1 amide bonds. The van der Waals surface area contributed by atoms with E-state index in [4.69, 9.17) is 9.72 Å². The van der Waals surface area contributed by atoms with Crippen molar-refractivity contribution < 1.29 is 22.7 Å². The molecule has 0 unspecified atom stereocenters. The van der Waals surface area contributed by atoms with Crippen LogP contribution in [0.15, 0.2) is 54.6 Å². The average molecular weight is 444 g/mol. The molecule has 6 nitrogen and oxygen atoms in total. The van der Waals surface area contributed by atoms with E-state index >= 15 is 0 Å². The van der Waals surface area contributed by atoms with Crippen LogP contribution in [0.3, 0.4) is 0 Å². The maximum atomic E-state index is 12.6. The Kier molecular flexibility index (Phi) is 6.57. The van der Waals surface area contributed by atoms with Crippen molar-refractivity contribution in [1.29, 1.82) is 0 Å². The highest BCUT2D eigenvalue weighted by Gasteiger charge is 2.30. The third-order valence-corrected chi connectivity index (χ3v) is 5.18. The van der Waals surface area contributed by atoms with Gasteiger partial charge in [0.25, 0.3) is 5.91 Å². The summed E-state index contributed by atoms with van der Waals surface area (Å²) in [7, 11) is 0. The van der Waals surface area contributed by atoms with Gasteiger partial charge in [-0.15, -0.1) is 0 Å².